The lowest BCUT2D eigenvalue weighted by Gasteiger charge is -2.38. The number of rotatable bonds is 2. The van der Waals surface area contributed by atoms with Crippen LogP contribution in [0.2, 0.25) is 0 Å². The van der Waals surface area contributed by atoms with Gasteiger partial charge in [0.1, 0.15) is 0 Å². The molecule has 1 fully saturated rings. The topological polar surface area (TPSA) is 34.1 Å². The van der Waals surface area contributed by atoms with E-state index in [0.29, 0.717) is 5.33 Å². The molecule has 2 nitrogen and oxygen atoms in total. The van der Waals surface area contributed by atoms with Gasteiger partial charge >= 0.3 is 0 Å². The van der Waals surface area contributed by atoms with E-state index in [9.17, 15) is 8.42 Å². The third-order valence-electron chi connectivity index (χ3n) is 2.29. The maximum Gasteiger partial charge on any atom is 0.153 e. The van der Waals surface area contributed by atoms with Crippen molar-refractivity contribution >= 4 is 25.8 Å². The molecule has 0 unspecified atom stereocenters. The van der Waals surface area contributed by atoms with Crippen molar-refractivity contribution in [2.45, 2.75) is 24.0 Å². The largest absolute Gasteiger partial charge is 0.229 e. The number of alkyl halides is 1. The summed E-state index contributed by atoms with van der Waals surface area (Å²) in [5, 5.41) is 0.596. The van der Waals surface area contributed by atoms with Crippen LogP contribution in [0.1, 0.15) is 19.3 Å². The number of hydrogen-bond acceptors (Lipinski definition) is 2. The Bertz CT molecular complexity index is 210. The van der Waals surface area contributed by atoms with E-state index in [0.717, 1.165) is 19.3 Å². The van der Waals surface area contributed by atoms with Crippen LogP contribution < -0.4 is 0 Å². The predicted molar refractivity (Wildman–Crippen MR) is 45.2 cm³/mol. The van der Waals surface area contributed by atoms with E-state index < -0.39 is 14.6 Å². The molecule has 1 aliphatic rings. The van der Waals surface area contributed by atoms with Gasteiger partial charge in [0, 0.05) is 11.6 Å². The molecule has 1 rings (SSSR count). The quantitative estimate of drug-likeness (QED) is 0.667. The smallest absolute Gasteiger partial charge is 0.153 e. The average Bonchev–Trinajstić information content (AvgIpc) is 1.58. The molecule has 0 aromatic carbocycles. The van der Waals surface area contributed by atoms with Gasteiger partial charge in [0.25, 0.3) is 0 Å². The van der Waals surface area contributed by atoms with Crippen molar-refractivity contribution in [3.8, 4) is 0 Å². The van der Waals surface area contributed by atoms with Crippen molar-refractivity contribution in [1.29, 1.82) is 0 Å². The molecule has 0 N–H and O–H groups in total. The van der Waals surface area contributed by atoms with Crippen LogP contribution in [0.4, 0.5) is 0 Å². The second-order valence-electron chi connectivity index (χ2n) is 2.94. The summed E-state index contributed by atoms with van der Waals surface area (Å²) in [5.41, 5.74) is 0. The maximum absolute atomic E-state index is 11.1. The average molecular weight is 227 g/mol. The molecule has 0 aromatic rings. The summed E-state index contributed by atoms with van der Waals surface area (Å²) in [7, 11) is -2.82. The highest BCUT2D eigenvalue weighted by atomic mass is 79.9. The van der Waals surface area contributed by atoms with Gasteiger partial charge in [-0.25, -0.2) is 8.42 Å². The summed E-state index contributed by atoms with van der Waals surface area (Å²) in [6.45, 7) is 0. The molecule has 0 aromatic heterocycles. The zero-order valence-corrected chi connectivity index (χ0v) is 8.33. The Balaban J connectivity index is 2.85. The van der Waals surface area contributed by atoms with Crippen molar-refractivity contribution in [3.05, 3.63) is 0 Å². The monoisotopic (exact) mass is 226 g/mol. The molecule has 0 bridgehead atoms. The summed E-state index contributed by atoms with van der Waals surface area (Å²) >= 11 is 3.24. The van der Waals surface area contributed by atoms with Crippen molar-refractivity contribution in [1.82, 2.24) is 0 Å². The van der Waals surface area contributed by atoms with E-state index in [1.807, 2.05) is 0 Å². The molecule has 60 valence electrons. The Morgan fingerprint density at radius 3 is 2.00 bits per heavy atom. The van der Waals surface area contributed by atoms with Gasteiger partial charge in [-0.1, -0.05) is 22.4 Å². The minimum absolute atomic E-state index is 0.410. The first kappa shape index (κ1) is 8.53. The Morgan fingerprint density at radius 1 is 1.50 bits per heavy atom. The lowest BCUT2D eigenvalue weighted by Crippen LogP contribution is -2.46. The summed E-state index contributed by atoms with van der Waals surface area (Å²) in [5.74, 6) is 0. The highest BCUT2D eigenvalue weighted by Gasteiger charge is 2.45. The fraction of sp³-hybridized carbons (Fsp3) is 1.00. The van der Waals surface area contributed by atoms with Crippen LogP contribution in [-0.4, -0.2) is 24.8 Å². The fourth-order valence-corrected chi connectivity index (χ4v) is 4.21. The molecule has 10 heavy (non-hydrogen) atoms. The molecule has 0 saturated heterocycles. The molecule has 0 spiro atoms. The highest BCUT2D eigenvalue weighted by molar-refractivity contribution is 9.09. The molecule has 0 heterocycles. The van der Waals surface area contributed by atoms with Gasteiger partial charge in [0.2, 0.25) is 0 Å². The van der Waals surface area contributed by atoms with Crippen molar-refractivity contribution in [3.63, 3.8) is 0 Å². The van der Waals surface area contributed by atoms with E-state index >= 15 is 0 Å². The van der Waals surface area contributed by atoms with Gasteiger partial charge in [-0.05, 0) is 12.8 Å². The third kappa shape index (κ3) is 1.11. The summed E-state index contributed by atoms with van der Waals surface area (Å²) in [4.78, 5) is 0. The molecule has 4 heteroatoms. The van der Waals surface area contributed by atoms with Crippen LogP contribution in [0.3, 0.4) is 0 Å². The van der Waals surface area contributed by atoms with Crippen LogP contribution in [0.25, 0.3) is 0 Å². The predicted octanol–water partition coefficient (Wildman–Crippen LogP) is 1.35. The molecule has 0 radical (unpaired) electrons. The number of hydrogen-bond donors (Lipinski definition) is 0. The molecule has 0 amide bonds. The minimum atomic E-state index is -2.82. The van der Waals surface area contributed by atoms with E-state index in [1.165, 1.54) is 6.26 Å². The Hall–Kier alpha value is 0.430. The third-order valence-corrected chi connectivity index (χ3v) is 5.87. The van der Waals surface area contributed by atoms with Crippen molar-refractivity contribution < 1.29 is 8.42 Å². The summed E-state index contributed by atoms with van der Waals surface area (Å²) in [6, 6.07) is 0. The second-order valence-corrected chi connectivity index (χ2v) is 5.91. The molecule has 1 aliphatic carbocycles. The van der Waals surface area contributed by atoms with Gasteiger partial charge in [0.05, 0.1) is 4.75 Å². The molecular formula is C6H11BrO2S. The summed E-state index contributed by atoms with van der Waals surface area (Å²) < 4.78 is 21.9. The van der Waals surface area contributed by atoms with Gasteiger partial charge in [0.15, 0.2) is 9.84 Å². The molecule has 1 saturated carbocycles. The van der Waals surface area contributed by atoms with Crippen LogP contribution in [-0.2, 0) is 9.84 Å². The van der Waals surface area contributed by atoms with Crippen molar-refractivity contribution in [2.75, 3.05) is 11.6 Å². The van der Waals surface area contributed by atoms with E-state index in [-0.39, 0.29) is 0 Å². The molecule has 0 aliphatic heterocycles. The highest BCUT2D eigenvalue weighted by Crippen LogP contribution is 2.40. The Morgan fingerprint density at radius 2 is 2.00 bits per heavy atom. The van der Waals surface area contributed by atoms with E-state index in [1.54, 1.807) is 0 Å². The summed E-state index contributed by atoms with van der Waals surface area (Å²) in [6.07, 6.45) is 4.04. The van der Waals surface area contributed by atoms with Gasteiger partial charge in [-0.2, -0.15) is 0 Å². The first-order chi connectivity index (χ1) is 4.52. The van der Waals surface area contributed by atoms with E-state index in [4.69, 9.17) is 0 Å². The van der Waals surface area contributed by atoms with Crippen LogP contribution in [0, 0.1) is 0 Å². The first-order valence-corrected chi connectivity index (χ1v) is 6.29. The number of halogens is 1. The van der Waals surface area contributed by atoms with E-state index in [2.05, 4.69) is 15.9 Å². The zero-order valence-electron chi connectivity index (χ0n) is 5.93. The van der Waals surface area contributed by atoms with Gasteiger partial charge < -0.3 is 0 Å². The van der Waals surface area contributed by atoms with Crippen molar-refractivity contribution in [2.24, 2.45) is 0 Å². The first-order valence-electron chi connectivity index (χ1n) is 3.27. The van der Waals surface area contributed by atoms with Crippen LogP contribution in [0.5, 0.6) is 0 Å². The second kappa shape index (κ2) is 2.48. The lowest BCUT2D eigenvalue weighted by molar-refractivity contribution is 0.372. The maximum atomic E-state index is 11.1. The lowest BCUT2D eigenvalue weighted by atomic mass is 9.86. The van der Waals surface area contributed by atoms with Crippen LogP contribution >= 0.6 is 15.9 Å². The molecule has 0 atom stereocenters. The molecular weight excluding hydrogens is 216 g/mol. The van der Waals surface area contributed by atoms with Gasteiger partial charge in [-0.3, -0.25) is 0 Å². The van der Waals surface area contributed by atoms with Crippen LogP contribution in [0.15, 0.2) is 0 Å². The van der Waals surface area contributed by atoms with Gasteiger partial charge in [-0.15, -0.1) is 0 Å². The number of sulfone groups is 1. The standard InChI is InChI=1S/C6H11BrO2S/c1-10(8,9)6(5-7)3-2-4-6/h2-5H2,1H3. The Labute approximate surface area is 70.1 Å². The SMILES string of the molecule is CS(=O)(=O)C1(CBr)CCC1. The fourth-order valence-electron chi connectivity index (χ4n) is 1.17. The minimum Gasteiger partial charge on any atom is -0.229 e. The zero-order chi connectivity index (χ0) is 7.83. The Kier molecular flexibility index (Phi) is 2.12. The normalized spacial score (nSPS) is 23.8.